The van der Waals surface area contributed by atoms with Gasteiger partial charge in [-0.05, 0) is 367 Å². The van der Waals surface area contributed by atoms with Gasteiger partial charge >= 0.3 is 0 Å². The summed E-state index contributed by atoms with van der Waals surface area (Å²) in [7, 11) is 0. The molecule has 12 aliphatic rings. The Kier molecular flexibility index (Phi) is 24.1. The van der Waals surface area contributed by atoms with E-state index in [-0.39, 0.29) is 37.3 Å². The highest BCUT2D eigenvalue weighted by Gasteiger charge is 2.66. The number of halogens is 1. The molecule has 0 saturated heterocycles. The van der Waals surface area contributed by atoms with Gasteiger partial charge in [-0.1, -0.05) is 109 Å². The van der Waals surface area contributed by atoms with E-state index in [1.54, 1.807) is 18.6 Å². The molecule has 3 aromatic rings. The lowest BCUT2D eigenvalue weighted by Gasteiger charge is -2.62. The van der Waals surface area contributed by atoms with Crippen molar-refractivity contribution in [2.45, 2.75) is 318 Å². The van der Waals surface area contributed by atoms with E-state index in [0.29, 0.717) is 68.0 Å². The third-order valence-electron chi connectivity index (χ3n) is 35.1. The van der Waals surface area contributed by atoms with E-state index in [1.807, 2.05) is 55.0 Å². The monoisotopic (exact) mass is 1400 g/mol. The van der Waals surface area contributed by atoms with Gasteiger partial charge in [0.05, 0.1) is 35.1 Å². The summed E-state index contributed by atoms with van der Waals surface area (Å²) in [5.74, 6) is 12.1. The predicted molar refractivity (Wildman–Crippen MR) is 408 cm³/mol. The van der Waals surface area contributed by atoms with Crippen LogP contribution in [0.4, 0.5) is 3.89 Å². The summed E-state index contributed by atoms with van der Waals surface area (Å²) < 4.78 is 10.2. The van der Waals surface area contributed by atoms with Crippen LogP contribution in [0, 0.1) is 139 Å². The van der Waals surface area contributed by atoms with Crippen LogP contribution in [-0.4, -0.2) is 68.7 Å². The molecule has 0 bridgehead atoms. The van der Waals surface area contributed by atoms with Crippen LogP contribution in [-0.2, 0) is 0 Å². The third kappa shape index (κ3) is 14.0. The molecule has 15 rings (SSSR count). The second-order valence-corrected chi connectivity index (χ2v) is 38.7. The fraction of sp³-hybridized carbons (Fsp3) is 0.831. The highest BCUT2D eigenvalue weighted by atomic mass is 32.2. The predicted octanol–water partition coefficient (Wildman–Crippen LogP) is 21.5. The van der Waals surface area contributed by atoms with Crippen LogP contribution >= 0.6 is 12.1 Å². The maximum Gasteiger partial charge on any atom is 0.0833 e. The number of fused-ring (bicyclic) bond motifs is 15. The highest BCUT2D eigenvalue weighted by Crippen LogP contribution is 2.73. The molecule has 0 spiro atoms. The van der Waals surface area contributed by atoms with E-state index in [2.05, 4.69) is 98.0 Å². The maximum atomic E-state index is 11.2. The van der Waals surface area contributed by atoms with Crippen LogP contribution in [0.25, 0.3) is 0 Å². The first kappa shape index (κ1) is 78.6. The van der Waals surface area contributed by atoms with Crippen molar-refractivity contribution in [3.8, 4) is 0 Å². The van der Waals surface area contributed by atoms with Gasteiger partial charge < -0.3 is 30.6 Å². The molecule has 100 heavy (non-hydrogen) atoms. The SMILES string of the molecule is C.CC[C@]1(O)CC[C@@]2(C)[C@@H](CC[C@@H]3[C@@H]2CC[C@]2(C)[C@@H]([C@H](C)C(O)c4cccnc4)CC[C@@H]32)C1.CC[C@]1(O)CC[C@@]2(C)[C@@H](CC[C@@H]3[C@@H]2CC[C@]2(C)[C@@H]([C@H](C)[C@@H](O)c4cccnc4)CC[C@@H]32)C1.CC[C@]1(O)CC[C@@]2(C)[C@@H](CC[C@@H]3[C@@H]2CC[C@]2(C)[C@@H]([C@H](C)[C@H](O)c4cccnc4)CC[C@@H]32)C1.CSF. The van der Waals surface area contributed by atoms with Gasteiger partial charge in [-0.15, -0.1) is 0 Å². The van der Waals surface area contributed by atoms with Gasteiger partial charge in [-0.25, -0.2) is 0 Å². The molecule has 0 radical (unpaired) electrons. The summed E-state index contributed by atoms with van der Waals surface area (Å²) in [6.45, 7) is 28.8. The van der Waals surface area contributed by atoms with Gasteiger partial charge in [-0.2, -0.15) is 3.89 Å². The van der Waals surface area contributed by atoms with Gasteiger partial charge in [0.2, 0.25) is 0 Å². The Bertz CT molecular complexity index is 2790. The van der Waals surface area contributed by atoms with Crippen molar-refractivity contribution in [3.63, 3.8) is 0 Å². The molecule has 3 aromatic heterocycles. The number of aliphatic hydroxyl groups excluding tert-OH is 3. The lowest BCUT2D eigenvalue weighted by atomic mass is 9.43. The summed E-state index contributed by atoms with van der Waals surface area (Å²) in [4.78, 5) is 12.8. The Morgan fingerprint density at radius 2 is 0.640 bits per heavy atom. The van der Waals surface area contributed by atoms with Crippen LogP contribution < -0.4 is 0 Å². The van der Waals surface area contributed by atoms with Crippen molar-refractivity contribution in [3.05, 3.63) is 90.3 Å². The molecule has 3 heterocycles. The van der Waals surface area contributed by atoms with E-state index < -0.39 is 35.1 Å². The molecule has 12 fully saturated rings. The molecule has 0 amide bonds. The zero-order valence-electron chi connectivity index (χ0n) is 64.1. The first-order chi connectivity index (χ1) is 47.1. The van der Waals surface area contributed by atoms with E-state index in [9.17, 15) is 34.5 Å². The molecular weight excluding hydrogens is 1260 g/mol. The van der Waals surface area contributed by atoms with Gasteiger partial charge in [-0.3, -0.25) is 15.0 Å². The quantitative estimate of drug-likeness (QED) is 0.103. The van der Waals surface area contributed by atoms with Gasteiger partial charge in [0.15, 0.2) is 0 Å². The average Bonchev–Trinajstić information content (AvgIpc) is 1.45. The smallest absolute Gasteiger partial charge is 0.0833 e. The van der Waals surface area contributed by atoms with E-state index >= 15 is 0 Å². The Balaban J connectivity index is 0.000000147. The minimum absolute atomic E-state index is 0. The molecule has 0 aromatic carbocycles. The fourth-order valence-corrected chi connectivity index (χ4v) is 28.9. The molecule has 562 valence electrons. The molecule has 9 nitrogen and oxygen atoms in total. The van der Waals surface area contributed by atoms with Crippen molar-refractivity contribution in [2.75, 3.05) is 6.26 Å². The van der Waals surface area contributed by atoms with Crippen molar-refractivity contribution in [1.29, 1.82) is 0 Å². The topological polar surface area (TPSA) is 160 Å². The van der Waals surface area contributed by atoms with Crippen molar-refractivity contribution in [1.82, 2.24) is 15.0 Å². The Morgan fingerprint density at radius 3 is 0.870 bits per heavy atom. The number of rotatable bonds is 12. The number of aliphatic hydroxyl groups is 6. The van der Waals surface area contributed by atoms with Crippen LogP contribution in [0.1, 0.15) is 318 Å². The van der Waals surface area contributed by atoms with E-state index in [0.717, 1.165) is 128 Å². The molecule has 0 aliphatic heterocycles. The van der Waals surface area contributed by atoms with E-state index in [4.69, 9.17) is 0 Å². The molecule has 1 unspecified atom stereocenters. The van der Waals surface area contributed by atoms with Crippen molar-refractivity contribution in [2.24, 2.45) is 139 Å². The normalized spacial score (nSPS) is 46.0. The third-order valence-corrected chi connectivity index (χ3v) is 35.1. The average molecular weight is 1400 g/mol. The highest BCUT2D eigenvalue weighted by molar-refractivity contribution is 7.93. The zero-order valence-corrected chi connectivity index (χ0v) is 64.9. The molecule has 11 heteroatoms. The number of nitrogens with zero attached hydrogens (tertiary/aromatic N) is 3. The Hall–Kier alpha value is -2.51. The molecule has 30 atom stereocenters. The Labute approximate surface area is 612 Å². The van der Waals surface area contributed by atoms with Crippen LogP contribution in [0.2, 0.25) is 0 Å². The number of pyridine rings is 3. The zero-order chi connectivity index (χ0) is 70.9. The number of hydrogen-bond donors (Lipinski definition) is 6. The molecule has 12 aliphatic carbocycles. The maximum absolute atomic E-state index is 11.2. The van der Waals surface area contributed by atoms with Crippen LogP contribution in [0.5, 0.6) is 0 Å². The second-order valence-electron chi connectivity index (χ2n) is 38.4. The summed E-state index contributed by atoms with van der Waals surface area (Å²) >= 11 is 0.250. The summed E-state index contributed by atoms with van der Waals surface area (Å²) in [6.07, 6.45) is 47.3. The largest absolute Gasteiger partial charge is 0.390 e. The van der Waals surface area contributed by atoms with Crippen LogP contribution in [0.15, 0.2) is 73.6 Å². The summed E-state index contributed by atoms with van der Waals surface area (Å²) in [5, 5.41) is 66.7. The van der Waals surface area contributed by atoms with Gasteiger partial charge in [0.1, 0.15) is 0 Å². The summed E-state index contributed by atoms with van der Waals surface area (Å²) in [5.41, 5.74) is 4.02. The summed E-state index contributed by atoms with van der Waals surface area (Å²) in [6, 6.07) is 11.9. The second kappa shape index (κ2) is 30.6. The van der Waals surface area contributed by atoms with Crippen LogP contribution in [0.3, 0.4) is 0 Å². The first-order valence-corrected chi connectivity index (χ1v) is 42.2. The number of hydrogen-bond acceptors (Lipinski definition) is 10. The lowest BCUT2D eigenvalue weighted by Crippen LogP contribution is -2.56. The van der Waals surface area contributed by atoms with Crippen molar-refractivity contribution < 1.29 is 34.5 Å². The Morgan fingerprint density at radius 1 is 0.390 bits per heavy atom. The van der Waals surface area contributed by atoms with Gasteiger partial charge in [0, 0.05) is 55.6 Å². The van der Waals surface area contributed by atoms with Crippen molar-refractivity contribution >= 4 is 12.1 Å². The first-order valence-electron chi connectivity index (χ1n) is 41.1. The fourth-order valence-electron chi connectivity index (χ4n) is 28.9. The molecule has 6 N–H and O–H groups in total. The number of aromatic nitrogens is 3. The van der Waals surface area contributed by atoms with Gasteiger partial charge in [0.25, 0.3) is 0 Å². The minimum atomic E-state index is -0.416. The molecule has 12 saturated carbocycles. The standard InChI is InChI=1S/3C29H45NO2.CH3FS.CH4/c3*1-5-29(32)15-14-27(3)21(17-29)8-9-22-24-11-10-23(28(24,4)13-12-25(22)27)19(2)26(31)20-7-6-16-30-18-20;1-3-2;/h3*6-7,16,18-19,21-26,31-32H,5,8-15,17H2,1-4H3;1H3;1H4/t19-,21-,22-,23+,24-,25-,26?,27-,28+,29-;19-,21-,22-,23+,24-,25-,26+,27-,28+,29-;19-,21-,22-,23+,24-,25-,26-,27-,28+,29-;;/m000../s1. The lowest BCUT2D eigenvalue weighted by molar-refractivity contribution is -0.154. The minimum Gasteiger partial charge on any atom is -0.390 e. The van der Waals surface area contributed by atoms with E-state index in [1.165, 1.54) is 141 Å². The molecular formula is C89H142FN3O6S.